The number of phenolic OH excluding ortho intramolecular Hbond substituents is 1. The summed E-state index contributed by atoms with van der Waals surface area (Å²) in [5.74, 6) is 0.130. The Labute approximate surface area is 95.3 Å². The monoisotopic (exact) mass is 244 g/mol. The van der Waals surface area contributed by atoms with Crippen LogP contribution in [0, 0.1) is 6.92 Å². The van der Waals surface area contributed by atoms with E-state index in [0.717, 1.165) is 11.1 Å². The summed E-state index contributed by atoms with van der Waals surface area (Å²) in [5, 5.41) is 17.4. The zero-order valence-corrected chi connectivity index (χ0v) is 9.92. The zero-order chi connectivity index (χ0) is 12.2. The van der Waals surface area contributed by atoms with Crippen LogP contribution >= 0.6 is 0 Å². The van der Waals surface area contributed by atoms with Crippen molar-refractivity contribution < 1.29 is 13.5 Å². The summed E-state index contributed by atoms with van der Waals surface area (Å²) < 4.78 is 21.3. The van der Waals surface area contributed by atoms with Crippen molar-refractivity contribution in [1.82, 2.24) is 5.32 Å². The van der Waals surface area contributed by atoms with Crippen LogP contribution in [0.5, 0.6) is 5.75 Å². The van der Waals surface area contributed by atoms with Gasteiger partial charge in [-0.3, -0.25) is 0 Å². The lowest BCUT2D eigenvalue weighted by Gasteiger charge is -2.07. The molecule has 16 heavy (non-hydrogen) atoms. The third-order valence-corrected chi connectivity index (χ3v) is 2.97. The maximum absolute atomic E-state index is 10.7. The highest BCUT2D eigenvalue weighted by atomic mass is 32.2. The molecular weight excluding hydrogens is 228 g/mol. The van der Waals surface area contributed by atoms with Gasteiger partial charge in [0.1, 0.15) is 5.75 Å². The van der Waals surface area contributed by atoms with E-state index in [1.807, 2.05) is 19.1 Å². The number of nitrogens with one attached hydrogen (secondary N) is 1. The number of aromatic hydroxyl groups is 1. The van der Waals surface area contributed by atoms with E-state index >= 15 is 0 Å². The molecule has 0 atom stereocenters. The SMILES string of the molecule is Cc1cccc(CNCCS(N)(=O)=O)c1O. The number of phenols is 1. The molecule has 1 aromatic carbocycles. The van der Waals surface area contributed by atoms with E-state index in [9.17, 15) is 13.5 Å². The van der Waals surface area contributed by atoms with Crippen molar-refractivity contribution in [3.8, 4) is 5.75 Å². The normalized spacial score (nSPS) is 11.6. The van der Waals surface area contributed by atoms with Gasteiger partial charge in [-0.15, -0.1) is 0 Å². The number of benzene rings is 1. The molecule has 0 spiro atoms. The van der Waals surface area contributed by atoms with Gasteiger partial charge < -0.3 is 10.4 Å². The molecule has 0 fully saturated rings. The molecule has 5 nitrogen and oxygen atoms in total. The second kappa shape index (κ2) is 5.29. The molecular formula is C10H16N2O3S. The molecule has 0 aliphatic rings. The molecule has 0 saturated carbocycles. The van der Waals surface area contributed by atoms with Crippen LogP contribution in [0.3, 0.4) is 0 Å². The molecule has 0 bridgehead atoms. The number of sulfonamides is 1. The number of para-hydroxylation sites is 1. The molecule has 90 valence electrons. The summed E-state index contributed by atoms with van der Waals surface area (Å²) >= 11 is 0. The first-order valence-electron chi connectivity index (χ1n) is 4.89. The molecule has 1 rings (SSSR count). The molecule has 0 amide bonds. The minimum Gasteiger partial charge on any atom is -0.507 e. The van der Waals surface area contributed by atoms with Gasteiger partial charge in [0.05, 0.1) is 5.75 Å². The first-order chi connectivity index (χ1) is 7.40. The van der Waals surface area contributed by atoms with Crippen LogP contribution in [0.4, 0.5) is 0 Å². The van der Waals surface area contributed by atoms with Crippen molar-refractivity contribution in [2.24, 2.45) is 5.14 Å². The van der Waals surface area contributed by atoms with Crippen LogP contribution in [0.2, 0.25) is 0 Å². The Bertz CT molecular complexity index is 457. The van der Waals surface area contributed by atoms with E-state index in [2.05, 4.69) is 5.32 Å². The number of nitrogens with two attached hydrogens (primary N) is 1. The highest BCUT2D eigenvalue weighted by Gasteiger charge is 2.04. The lowest BCUT2D eigenvalue weighted by molar-refractivity contribution is 0.461. The Morgan fingerprint density at radius 3 is 2.75 bits per heavy atom. The van der Waals surface area contributed by atoms with Gasteiger partial charge in [0.25, 0.3) is 0 Å². The summed E-state index contributed by atoms with van der Waals surface area (Å²) in [6.45, 7) is 2.50. The maximum Gasteiger partial charge on any atom is 0.210 e. The first kappa shape index (κ1) is 13.0. The molecule has 0 unspecified atom stereocenters. The van der Waals surface area contributed by atoms with Gasteiger partial charge in [-0.05, 0) is 12.5 Å². The third kappa shape index (κ3) is 4.18. The fraction of sp³-hybridized carbons (Fsp3) is 0.400. The molecule has 0 radical (unpaired) electrons. The quantitative estimate of drug-likeness (QED) is 0.639. The summed E-state index contributed by atoms with van der Waals surface area (Å²) in [7, 11) is -3.42. The molecule has 0 saturated heterocycles. The van der Waals surface area contributed by atoms with Gasteiger partial charge >= 0.3 is 0 Å². The Hall–Kier alpha value is -1.11. The van der Waals surface area contributed by atoms with Crippen LogP contribution in [0.15, 0.2) is 18.2 Å². The predicted octanol–water partition coefficient (Wildman–Crippen LogP) is 0.0787. The van der Waals surface area contributed by atoms with Gasteiger partial charge in [0.2, 0.25) is 10.0 Å². The number of primary sulfonamides is 1. The maximum atomic E-state index is 10.7. The largest absolute Gasteiger partial charge is 0.507 e. The van der Waals surface area contributed by atoms with E-state index < -0.39 is 10.0 Å². The fourth-order valence-electron chi connectivity index (χ4n) is 1.30. The smallest absolute Gasteiger partial charge is 0.210 e. The van der Waals surface area contributed by atoms with Crippen LogP contribution < -0.4 is 10.5 Å². The minimum absolute atomic E-state index is 0.112. The highest BCUT2D eigenvalue weighted by Crippen LogP contribution is 2.20. The topological polar surface area (TPSA) is 92.4 Å². The molecule has 0 aromatic heterocycles. The number of rotatable bonds is 5. The van der Waals surface area contributed by atoms with Gasteiger partial charge in [-0.2, -0.15) is 0 Å². The summed E-state index contributed by atoms with van der Waals surface area (Å²) in [4.78, 5) is 0. The molecule has 1 aromatic rings. The Morgan fingerprint density at radius 2 is 2.12 bits per heavy atom. The van der Waals surface area contributed by atoms with Crippen LogP contribution in [0.1, 0.15) is 11.1 Å². The Balaban J connectivity index is 2.47. The van der Waals surface area contributed by atoms with Gasteiger partial charge in [-0.25, -0.2) is 13.6 Å². The van der Waals surface area contributed by atoms with E-state index in [4.69, 9.17) is 5.14 Å². The van der Waals surface area contributed by atoms with Crippen LogP contribution in [0.25, 0.3) is 0 Å². The van der Waals surface area contributed by atoms with Gasteiger partial charge in [0, 0.05) is 18.7 Å². The summed E-state index contributed by atoms with van der Waals surface area (Å²) in [6, 6.07) is 5.43. The van der Waals surface area contributed by atoms with Crippen molar-refractivity contribution in [1.29, 1.82) is 0 Å². The molecule has 4 N–H and O–H groups in total. The predicted molar refractivity (Wildman–Crippen MR) is 62.5 cm³/mol. The van der Waals surface area contributed by atoms with Crippen molar-refractivity contribution in [2.75, 3.05) is 12.3 Å². The second-order valence-electron chi connectivity index (χ2n) is 3.63. The van der Waals surface area contributed by atoms with Crippen molar-refractivity contribution >= 4 is 10.0 Å². The molecule has 0 aliphatic carbocycles. The lowest BCUT2D eigenvalue weighted by Crippen LogP contribution is -2.26. The van der Waals surface area contributed by atoms with E-state index in [1.54, 1.807) is 6.07 Å². The third-order valence-electron chi connectivity index (χ3n) is 2.20. The average molecular weight is 244 g/mol. The Morgan fingerprint density at radius 1 is 1.44 bits per heavy atom. The number of hydrogen-bond donors (Lipinski definition) is 3. The minimum atomic E-state index is -3.42. The first-order valence-corrected chi connectivity index (χ1v) is 6.60. The van der Waals surface area contributed by atoms with Crippen molar-refractivity contribution in [2.45, 2.75) is 13.5 Å². The van der Waals surface area contributed by atoms with E-state index in [0.29, 0.717) is 6.54 Å². The summed E-state index contributed by atoms with van der Waals surface area (Å²) in [6.07, 6.45) is 0. The molecule has 0 aliphatic heterocycles. The average Bonchev–Trinajstić information content (AvgIpc) is 2.17. The van der Waals surface area contributed by atoms with Gasteiger partial charge in [-0.1, -0.05) is 18.2 Å². The van der Waals surface area contributed by atoms with E-state index in [1.165, 1.54) is 0 Å². The summed E-state index contributed by atoms with van der Waals surface area (Å²) in [5.41, 5.74) is 1.54. The highest BCUT2D eigenvalue weighted by molar-refractivity contribution is 7.89. The molecule has 6 heteroatoms. The van der Waals surface area contributed by atoms with E-state index in [-0.39, 0.29) is 18.0 Å². The number of hydrogen-bond acceptors (Lipinski definition) is 4. The van der Waals surface area contributed by atoms with Crippen LogP contribution in [-0.4, -0.2) is 25.8 Å². The lowest BCUT2D eigenvalue weighted by atomic mass is 10.1. The van der Waals surface area contributed by atoms with Crippen LogP contribution in [-0.2, 0) is 16.6 Å². The van der Waals surface area contributed by atoms with Gasteiger partial charge in [0.15, 0.2) is 0 Å². The Kier molecular flexibility index (Phi) is 4.28. The van der Waals surface area contributed by atoms with Crippen molar-refractivity contribution in [3.63, 3.8) is 0 Å². The zero-order valence-electron chi connectivity index (χ0n) is 9.10. The molecule has 0 heterocycles. The fourth-order valence-corrected chi connectivity index (χ4v) is 1.73. The number of aryl methyl sites for hydroxylation is 1. The van der Waals surface area contributed by atoms with Crippen molar-refractivity contribution in [3.05, 3.63) is 29.3 Å². The standard InChI is InChI=1S/C10H16N2O3S/c1-8-3-2-4-9(10(8)13)7-12-5-6-16(11,14)15/h2-4,12-13H,5-7H2,1H3,(H2,11,14,15). The second-order valence-corrected chi connectivity index (χ2v) is 5.36.